The van der Waals surface area contributed by atoms with Crippen molar-refractivity contribution in [2.24, 2.45) is 0 Å². The van der Waals surface area contributed by atoms with Gasteiger partial charge in [-0.2, -0.15) is 0 Å². The van der Waals surface area contributed by atoms with Gasteiger partial charge in [-0.1, -0.05) is 18.2 Å². The summed E-state index contributed by atoms with van der Waals surface area (Å²) in [5.74, 6) is 0. The van der Waals surface area contributed by atoms with Crippen molar-refractivity contribution in [1.29, 1.82) is 0 Å². The Kier molecular flexibility index (Phi) is 2.97. The summed E-state index contributed by atoms with van der Waals surface area (Å²) in [6.45, 7) is 1.03. The molecule has 0 radical (unpaired) electrons. The van der Waals surface area contributed by atoms with E-state index in [-0.39, 0.29) is 10.6 Å². The molecule has 1 N–H and O–H groups in total. The normalized spacial score (nSPS) is 20.4. The van der Waals surface area contributed by atoms with Gasteiger partial charge in [0.1, 0.15) is 0 Å². The van der Waals surface area contributed by atoms with Crippen LogP contribution in [0.3, 0.4) is 0 Å². The number of nitro benzene ring substituents is 1. The van der Waals surface area contributed by atoms with Crippen LogP contribution in [-0.4, -0.2) is 17.5 Å². The Bertz CT molecular complexity index is 359. The summed E-state index contributed by atoms with van der Waals surface area (Å²) < 4.78 is 0. The molecule has 4 heteroatoms. The summed E-state index contributed by atoms with van der Waals surface area (Å²) >= 11 is 0. The Hall–Kier alpha value is -1.42. The second kappa shape index (κ2) is 4.40. The fraction of sp³-hybridized carbons (Fsp3) is 0.455. The summed E-state index contributed by atoms with van der Waals surface area (Å²) in [6.07, 6.45) is 3.05. The lowest BCUT2D eigenvalue weighted by atomic mass is 10.0. The quantitative estimate of drug-likeness (QED) is 0.607. The van der Waals surface area contributed by atoms with Gasteiger partial charge in [0.15, 0.2) is 0 Å². The summed E-state index contributed by atoms with van der Waals surface area (Å²) in [4.78, 5) is 10.5. The standard InChI is InChI=1S/C11H14N2O2/c14-13(15)11-6-2-1-4-9(11)8-10-5-3-7-12-10/h1-2,4,6,10,12H,3,5,7-8H2. The number of nitrogens with one attached hydrogen (secondary N) is 1. The Labute approximate surface area is 88.5 Å². The number of rotatable bonds is 3. The minimum atomic E-state index is -0.301. The van der Waals surface area contributed by atoms with Crippen molar-refractivity contribution in [1.82, 2.24) is 5.32 Å². The summed E-state index contributed by atoms with van der Waals surface area (Å²) in [6, 6.07) is 7.40. The Morgan fingerprint density at radius 1 is 1.47 bits per heavy atom. The molecule has 0 aliphatic carbocycles. The summed E-state index contributed by atoms with van der Waals surface area (Å²) in [5.41, 5.74) is 1.08. The van der Waals surface area contributed by atoms with E-state index in [0.717, 1.165) is 24.9 Å². The molecule has 1 aliphatic heterocycles. The Balaban J connectivity index is 2.15. The van der Waals surface area contributed by atoms with Gasteiger partial charge in [0.2, 0.25) is 0 Å². The zero-order chi connectivity index (χ0) is 10.7. The molecule has 15 heavy (non-hydrogen) atoms. The maximum atomic E-state index is 10.8. The molecule has 4 nitrogen and oxygen atoms in total. The molecule has 0 spiro atoms. The second-order valence-electron chi connectivity index (χ2n) is 3.88. The average molecular weight is 206 g/mol. The maximum Gasteiger partial charge on any atom is 0.272 e. The summed E-state index contributed by atoms with van der Waals surface area (Å²) in [5, 5.41) is 14.1. The molecule has 1 heterocycles. The number of hydrogen-bond acceptors (Lipinski definition) is 3. The predicted molar refractivity (Wildman–Crippen MR) is 57.8 cm³/mol. The molecule has 0 aromatic heterocycles. The zero-order valence-corrected chi connectivity index (χ0v) is 8.48. The molecule has 1 aromatic rings. The largest absolute Gasteiger partial charge is 0.314 e. The van der Waals surface area contributed by atoms with Gasteiger partial charge in [-0.15, -0.1) is 0 Å². The zero-order valence-electron chi connectivity index (χ0n) is 8.48. The van der Waals surface area contributed by atoms with Gasteiger partial charge in [-0.25, -0.2) is 0 Å². The van der Waals surface area contributed by atoms with Crippen LogP contribution in [0.15, 0.2) is 24.3 Å². The van der Waals surface area contributed by atoms with Crippen LogP contribution in [0, 0.1) is 10.1 Å². The number of para-hydroxylation sites is 1. The van der Waals surface area contributed by atoms with Crippen LogP contribution in [0.2, 0.25) is 0 Å². The van der Waals surface area contributed by atoms with Gasteiger partial charge >= 0.3 is 0 Å². The molecule has 0 bridgehead atoms. The van der Waals surface area contributed by atoms with Gasteiger partial charge in [0.25, 0.3) is 5.69 Å². The van der Waals surface area contributed by atoms with E-state index in [9.17, 15) is 10.1 Å². The van der Waals surface area contributed by atoms with Crippen LogP contribution in [-0.2, 0) is 6.42 Å². The molecule has 1 saturated heterocycles. The molecule has 0 saturated carbocycles. The van der Waals surface area contributed by atoms with Crippen molar-refractivity contribution in [3.05, 3.63) is 39.9 Å². The highest BCUT2D eigenvalue weighted by Crippen LogP contribution is 2.21. The van der Waals surface area contributed by atoms with Crippen molar-refractivity contribution in [3.8, 4) is 0 Å². The first-order chi connectivity index (χ1) is 7.27. The molecule has 0 amide bonds. The van der Waals surface area contributed by atoms with E-state index < -0.39 is 0 Å². The van der Waals surface area contributed by atoms with Gasteiger partial charge in [-0.3, -0.25) is 10.1 Å². The average Bonchev–Trinajstić information content (AvgIpc) is 2.71. The van der Waals surface area contributed by atoms with Gasteiger partial charge in [0.05, 0.1) is 4.92 Å². The topological polar surface area (TPSA) is 55.2 Å². The maximum absolute atomic E-state index is 10.8. The number of hydrogen-bond donors (Lipinski definition) is 1. The van der Waals surface area contributed by atoms with Gasteiger partial charge in [-0.05, 0) is 25.8 Å². The van der Waals surface area contributed by atoms with E-state index in [0.29, 0.717) is 6.04 Å². The third kappa shape index (κ3) is 2.33. The number of nitro groups is 1. The van der Waals surface area contributed by atoms with Crippen molar-refractivity contribution in [2.75, 3.05) is 6.54 Å². The fourth-order valence-corrected chi connectivity index (χ4v) is 2.06. The van der Waals surface area contributed by atoms with E-state index in [4.69, 9.17) is 0 Å². The lowest BCUT2D eigenvalue weighted by molar-refractivity contribution is -0.385. The van der Waals surface area contributed by atoms with Crippen molar-refractivity contribution in [2.45, 2.75) is 25.3 Å². The van der Waals surface area contributed by atoms with E-state index in [1.165, 1.54) is 6.42 Å². The van der Waals surface area contributed by atoms with Crippen LogP contribution < -0.4 is 5.32 Å². The molecule has 1 unspecified atom stereocenters. The van der Waals surface area contributed by atoms with Crippen LogP contribution >= 0.6 is 0 Å². The lowest BCUT2D eigenvalue weighted by Crippen LogP contribution is -2.23. The second-order valence-corrected chi connectivity index (χ2v) is 3.88. The van der Waals surface area contributed by atoms with Gasteiger partial charge in [0, 0.05) is 17.7 Å². The van der Waals surface area contributed by atoms with E-state index in [1.54, 1.807) is 12.1 Å². The highest BCUT2D eigenvalue weighted by Gasteiger charge is 2.19. The predicted octanol–water partition coefficient (Wildman–Crippen LogP) is 1.89. The third-order valence-electron chi connectivity index (χ3n) is 2.82. The smallest absolute Gasteiger partial charge is 0.272 e. The monoisotopic (exact) mass is 206 g/mol. The minimum absolute atomic E-state index is 0.242. The van der Waals surface area contributed by atoms with Crippen molar-refractivity contribution >= 4 is 5.69 Å². The van der Waals surface area contributed by atoms with E-state index in [2.05, 4.69) is 5.32 Å². The first kappa shape index (κ1) is 10.1. The molecule has 1 fully saturated rings. The van der Waals surface area contributed by atoms with Crippen molar-refractivity contribution < 1.29 is 4.92 Å². The molecule has 80 valence electrons. The Morgan fingerprint density at radius 2 is 2.27 bits per heavy atom. The minimum Gasteiger partial charge on any atom is -0.314 e. The number of nitrogens with zero attached hydrogens (tertiary/aromatic N) is 1. The summed E-state index contributed by atoms with van der Waals surface area (Å²) in [7, 11) is 0. The van der Waals surface area contributed by atoms with Crippen LogP contribution in [0.5, 0.6) is 0 Å². The molecule has 2 rings (SSSR count). The fourth-order valence-electron chi connectivity index (χ4n) is 2.06. The molecule has 1 aliphatic rings. The SMILES string of the molecule is O=[N+]([O-])c1ccccc1CC1CCCN1. The first-order valence-corrected chi connectivity index (χ1v) is 5.23. The number of benzene rings is 1. The third-order valence-corrected chi connectivity index (χ3v) is 2.82. The highest BCUT2D eigenvalue weighted by atomic mass is 16.6. The van der Waals surface area contributed by atoms with Crippen LogP contribution in [0.4, 0.5) is 5.69 Å². The molecular weight excluding hydrogens is 192 g/mol. The van der Waals surface area contributed by atoms with E-state index >= 15 is 0 Å². The van der Waals surface area contributed by atoms with Crippen LogP contribution in [0.25, 0.3) is 0 Å². The van der Waals surface area contributed by atoms with Crippen LogP contribution in [0.1, 0.15) is 18.4 Å². The highest BCUT2D eigenvalue weighted by molar-refractivity contribution is 5.40. The first-order valence-electron chi connectivity index (χ1n) is 5.23. The molecule has 1 aromatic carbocycles. The Morgan fingerprint density at radius 3 is 2.93 bits per heavy atom. The van der Waals surface area contributed by atoms with Gasteiger partial charge < -0.3 is 5.32 Å². The molecular formula is C11H14N2O2. The van der Waals surface area contributed by atoms with Crippen molar-refractivity contribution in [3.63, 3.8) is 0 Å². The lowest BCUT2D eigenvalue weighted by Gasteiger charge is -2.09. The molecule has 1 atom stereocenters. The van der Waals surface area contributed by atoms with E-state index in [1.807, 2.05) is 12.1 Å².